The Morgan fingerprint density at radius 2 is 2.05 bits per heavy atom. The summed E-state index contributed by atoms with van der Waals surface area (Å²) in [5, 5.41) is 3.20. The van der Waals surface area contributed by atoms with Crippen LogP contribution in [0.3, 0.4) is 0 Å². The zero-order valence-electron chi connectivity index (χ0n) is 10.9. The van der Waals surface area contributed by atoms with Gasteiger partial charge >= 0.3 is 0 Å². The number of rotatable bonds is 5. The molecule has 0 aromatic heterocycles. The van der Waals surface area contributed by atoms with Crippen molar-refractivity contribution in [2.45, 2.75) is 13.2 Å². The molecule has 2 aromatic carbocycles. The molecule has 0 heterocycles. The van der Waals surface area contributed by atoms with Crippen molar-refractivity contribution in [1.82, 2.24) is 5.32 Å². The zero-order valence-corrected chi connectivity index (χ0v) is 13.3. The third-order valence-electron chi connectivity index (χ3n) is 2.81. The van der Waals surface area contributed by atoms with Crippen LogP contribution in [0.2, 0.25) is 5.02 Å². The van der Waals surface area contributed by atoms with Gasteiger partial charge in [-0.05, 0) is 36.9 Å². The van der Waals surface area contributed by atoms with Gasteiger partial charge in [0.25, 0.3) is 0 Å². The second kappa shape index (κ2) is 7.07. The topological polar surface area (TPSA) is 21.3 Å². The Kier molecular flexibility index (Phi) is 5.40. The quantitative estimate of drug-likeness (QED) is 0.847. The van der Waals surface area contributed by atoms with Crippen LogP contribution in [0.15, 0.2) is 40.9 Å². The summed E-state index contributed by atoms with van der Waals surface area (Å²) in [6.07, 6.45) is 0. The van der Waals surface area contributed by atoms with E-state index in [9.17, 15) is 4.39 Å². The molecule has 0 spiro atoms. The van der Waals surface area contributed by atoms with Crippen molar-refractivity contribution in [2.75, 3.05) is 7.05 Å². The Hall–Kier alpha value is -1.10. The van der Waals surface area contributed by atoms with Crippen LogP contribution in [0, 0.1) is 5.82 Å². The normalized spacial score (nSPS) is 10.6. The van der Waals surface area contributed by atoms with Gasteiger partial charge in [-0.25, -0.2) is 4.39 Å². The van der Waals surface area contributed by atoms with E-state index in [0.717, 1.165) is 22.3 Å². The first-order valence-corrected chi connectivity index (χ1v) is 7.27. The van der Waals surface area contributed by atoms with Crippen LogP contribution in [0.4, 0.5) is 4.39 Å². The molecule has 0 saturated carbocycles. The van der Waals surface area contributed by atoms with Crippen molar-refractivity contribution in [3.8, 4) is 5.75 Å². The Morgan fingerprint density at radius 1 is 1.25 bits per heavy atom. The molecule has 0 saturated heterocycles. The van der Waals surface area contributed by atoms with Gasteiger partial charge in [-0.2, -0.15) is 0 Å². The predicted molar refractivity (Wildman–Crippen MR) is 82.6 cm³/mol. The van der Waals surface area contributed by atoms with Gasteiger partial charge in [-0.15, -0.1) is 0 Å². The van der Waals surface area contributed by atoms with Crippen molar-refractivity contribution in [1.29, 1.82) is 0 Å². The largest absolute Gasteiger partial charge is 0.489 e. The minimum absolute atomic E-state index is 0.111. The second-order valence-electron chi connectivity index (χ2n) is 4.29. The molecule has 2 aromatic rings. The number of hydrogen-bond donors (Lipinski definition) is 1. The van der Waals surface area contributed by atoms with Gasteiger partial charge in [0.15, 0.2) is 0 Å². The molecule has 2 rings (SSSR count). The smallest absolute Gasteiger partial charge is 0.142 e. The zero-order chi connectivity index (χ0) is 14.5. The number of halogens is 3. The number of nitrogens with one attached hydrogen (secondary N) is 1. The molecule has 0 aliphatic carbocycles. The van der Waals surface area contributed by atoms with Crippen LogP contribution in [-0.4, -0.2) is 7.05 Å². The fraction of sp³-hybridized carbons (Fsp3) is 0.200. The predicted octanol–water partition coefficient (Wildman–Crippen LogP) is 4.54. The minimum atomic E-state index is -0.431. The molecule has 106 valence electrons. The summed E-state index contributed by atoms with van der Waals surface area (Å²) in [7, 11) is 1.88. The van der Waals surface area contributed by atoms with Gasteiger partial charge in [0.1, 0.15) is 18.2 Å². The van der Waals surface area contributed by atoms with Crippen molar-refractivity contribution in [2.24, 2.45) is 0 Å². The molecular formula is C15H14BrClFNO. The Morgan fingerprint density at radius 3 is 2.80 bits per heavy atom. The van der Waals surface area contributed by atoms with Crippen LogP contribution in [0.1, 0.15) is 11.1 Å². The molecule has 0 aliphatic rings. The molecule has 2 nitrogen and oxygen atoms in total. The minimum Gasteiger partial charge on any atom is -0.489 e. The molecule has 0 bridgehead atoms. The summed E-state index contributed by atoms with van der Waals surface area (Å²) in [5.74, 6) is 0.290. The standard InChI is InChI=1S/C15H14BrClFNO/c1-19-8-11-7-12(5-6-13(11)16)20-9-10-3-2-4-14(18)15(10)17/h2-7,19H,8-9H2,1H3. The molecule has 20 heavy (non-hydrogen) atoms. The van der Waals surface area contributed by atoms with E-state index in [4.69, 9.17) is 16.3 Å². The van der Waals surface area contributed by atoms with Crippen LogP contribution < -0.4 is 10.1 Å². The lowest BCUT2D eigenvalue weighted by Gasteiger charge is -2.11. The molecule has 5 heteroatoms. The Labute approximate surface area is 131 Å². The summed E-state index contributed by atoms with van der Waals surface area (Å²) < 4.78 is 20.0. The first-order chi connectivity index (χ1) is 9.61. The van der Waals surface area contributed by atoms with Gasteiger partial charge in [0.2, 0.25) is 0 Å². The van der Waals surface area contributed by atoms with E-state index in [1.54, 1.807) is 12.1 Å². The maximum absolute atomic E-state index is 13.3. The molecule has 1 N–H and O–H groups in total. The summed E-state index contributed by atoms with van der Waals surface area (Å²) in [6.45, 7) is 0.968. The van der Waals surface area contributed by atoms with Gasteiger partial charge < -0.3 is 10.1 Å². The Balaban J connectivity index is 2.11. The van der Waals surface area contributed by atoms with Gasteiger partial charge in [0, 0.05) is 16.6 Å². The fourth-order valence-corrected chi connectivity index (χ4v) is 2.36. The first kappa shape index (κ1) is 15.3. The molecule has 0 radical (unpaired) electrons. The van der Waals surface area contributed by atoms with Crippen molar-refractivity contribution in [3.05, 3.63) is 62.8 Å². The molecule has 0 amide bonds. The highest BCUT2D eigenvalue weighted by atomic mass is 79.9. The van der Waals surface area contributed by atoms with Gasteiger partial charge in [0.05, 0.1) is 5.02 Å². The van der Waals surface area contributed by atoms with Crippen LogP contribution in [-0.2, 0) is 13.2 Å². The average molecular weight is 359 g/mol. The monoisotopic (exact) mass is 357 g/mol. The molecule has 0 aliphatic heterocycles. The number of hydrogen-bond acceptors (Lipinski definition) is 2. The van der Waals surface area contributed by atoms with E-state index < -0.39 is 5.82 Å². The second-order valence-corrected chi connectivity index (χ2v) is 5.52. The SMILES string of the molecule is CNCc1cc(OCc2cccc(F)c2Cl)ccc1Br. The van der Waals surface area contributed by atoms with Crippen LogP contribution in [0.25, 0.3) is 0 Å². The lowest BCUT2D eigenvalue weighted by atomic mass is 10.2. The maximum atomic E-state index is 13.3. The molecule has 0 atom stereocenters. The highest BCUT2D eigenvalue weighted by Crippen LogP contribution is 2.25. The summed E-state index contributed by atoms with van der Waals surface area (Å²) in [4.78, 5) is 0. The Bertz CT molecular complexity index is 606. The number of benzene rings is 2. The van der Waals surface area contributed by atoms with E-state index in [1.165, 1.54) is 6.07 Å². The molecule has 0 unspecified atom stereocenters. The van der Waals surface area contributed by atoms with E-state index in [-0.39, 0.29) is 11.6 Å². The van der Waals surface area contributed by atoms with Gasteiger partial charge in [-0.3, -0.25) is 0 Å². The third-order valence-corrected chi connectivity index (χ3v) is 4.01. The van der Waals surface area contributed by atoms with E-state index in [2.05, 4.69) is 21.2 Å². The summed E-state index contributed by atoms with van der Waals surface area (Å²) in [5.41, 5.74) is 1.72. The van der Waals surface area contributed by atoms with Crippen LogP contribution >= 0.6 is 27.5 Å². The average Bonchev–Trinajstić information content (AvgIpc) is 2.44. The number of ether oxygens (including phenoxy) is 1. The fourth-order valence-electron chi connectivity index (χ4n) is 1.79. The van der Waals surface area contributed by atoms with E-state index in [1.807, 2.05) is 25.2 Å². The first-order valence-electron chi connectivity index (χ1n) is 6.10. The van der Waals surface area contributed by atoms with Crippen molar-refractivity contribution < 1.29 is 9.13 Å². The highest BCUT2D eigenvalue weighted by molar-refractivity contribution is 9.10. The van der Waals surface area contributed by atoms with Crippen LogP contribution in [0.5, 0.6) is 5.75 Å². The molecule has 0 fully saturated rings. The summed E-state index contributed by atoms with van der Waals surface area (Å²) in [6, 6.07) is 10.4. The lowest BCUT2D eigenvalue weighted by molar-refractivity contribution is 0.305. The lowest BCUT2D eigenvalue weighted by Crippen LogP contribution is -2.06. The highest BCUT2D eigenvalue weighted by Gasteiger charge is 2.07. The van der Waals surface area contributed by atoms with E-state index in [0.29, 0.717) is 5.56 Å². The van der Waals surface area contributed by atoms with Crippen molar-refractivity contribution in [3.63, 3.8) is 0 Å². The van der Waals surface area contributed by atoms with Gasteiger partial charge in [-0.1, -0.05) is 39.7 Å². The van der Waals surface area contributed by atoms with Crippen molar-refractivity contribution >= 4 is 27.5 Å². The van der Waals surface area contributed by atoms with E-state index >= 15 is 0 Å². The molecular weight excluding hydrogens is 345 g/mol. The third kappa shape index (κ3) is 3.72. The summed E-state index contributed by atoms with van der Waals surface area (Å²) >= 11 is 9.38. The maximum Gasteiger partial charge on any atom is 0.142 e.